The maximum absolute atomic E-state index is 15.8. The summed E-state index contributed by atoms with van der Waals surface area (Å²) in [5.41, 5.74) is 6.50. The first-order chi connectivity index (χ1) is 23.6. The number of nitrogens with one attached hydrogen (secondary N) is 1. The Bertz CT molecular complexity index is 1890. The fourth-order valence-corrected chi connectivity index (χ4v) is 9.43. The van der Waals surface area contributed by atoms with Crippen molar-refractivity contribution in [3.05, 3.63) is 65.1 Å². The van der Waals surface area contributed by atoms with Crippen LogP contribution in [0.3, 0.4) is 0 Å². The minimum absolute atomic E-state index is 0.00336. The average molecular weight is 708 g/mol. The lowest BCUT2D eigenvalue weighted by atomic mass is 9.57. The Morgan fingerprint density at radius 2 is 1.68 bits per heavy atom. The fourth-order valence-electron chi connectivity index (χ4n) is 7.86. The fraction of sp³-hybridized carbons (Fsp3) is 0.556. The Morgan fingerprint density at radius 1 is 1.04 bits per heavy atom. The zero-order valence-corrected chi connectivity index (χ0v) is 30.0. The number of hydrogen-bond acceptors (Lipinski definition) is 10. The minimum atomic E-state index is -4.14. The van der Waals surface area contributed by atoms with E-state index in [1.54, 1.807) is 0 Å². The molecule has 0 unspecified atom stereocenters. The Morgan fingerprint density at radius 3 is 2.28 bits per heavy atom. The predicted molar refractivity (Wildman–Crippen MR) is 186 cm³/mol. The van der Waals surface area contributed by atoms with Gasteiger partial charge in [0.25, 0.3) is 5.91 Å². The third-order valence-electron chi connectivity index (χ3n) is 11.2. The van der Waals surface area contributed by atoms with Crippen molar-refractivity contribution in [2.24, 2.45) is 5.73 Å². The summed E-state index contributed by atoms with van der Waals surface area (Å²) in [6.07, 6.45) is 4.15. The number of aromatic nitrogens is 2. The number of benzene rings is 2. The number of rotatable bonds is 6. The molecule has 3 heterocycles. The summed E-state index contributed by atoms with van der Waals surface area (Å²) in [5, 5.41) is 7.34. The molecule has 1 saturated heterocycles. The Hall–Kier alpha value is -3.88. The number of fused-ring (bicyclic) bond motifs is 4. The SMILES string of the molecule is CN1CCN(c2ccc(CN3C(=O)[C@@H](N)CS(=O)(=O)c4cc(F)c(C(=O)NC56CCC(c7nc(C(C)(C)C)no7)(CC5)CC6)cc43)cc2)CC1. The summed E-state index contributed by atoms with van der Waals surface area (Å²) >= 11 is 0. The van der Waals surface area contributed by atoms with Crippen molar-refractivity contribution in [2.75, 3.05) is 48.8 Å². The van der Waals surface area contributed by atoms with Gasteiger partial charge in [0.15, 0.2) is 15.7 Å². The summed E-state index contributed by atoms with van der Waals surface area (Å²) < 4.78 is 48.3. The maximum atomic E-state index is 15.8. The molecular formula is C36H46FN7O5S. The number of sulfone groups is 1. The van der Waals surface area contributed by atoms with Crippen molar-refractivity contribution in [2.45, 2.75) is 93.1 Å². The van der Waals surface area contributed by atoms with Crippen LogP contribution in [0.5, 0.6) is 0 Å². The number of nitrogens with two attached hydrogens (primary N) is 1. The van der Waals surface area contributed by atoms with Crippen LogP contribution in [-0.4, -0.2) is 85.8 Å². The van der Waals surface area contributed by atoms with Crippen molar-refractivity contribution in [1.29, 1.82) is 0 Å². The second-order valence-corrected chi connectivity index (χ2v) is 17.8. The van der Waals surface area contributed by atoms with E-state index in [2.05, 4.69) is 27.3 Å². The van der Waals surface area contributed by atoms with Crippen LogP contribution in [0.2, 0.25) is 0 Å². The van der Waals surface area contributed by atoms with Crippen molar-refractivity contribution in [3.8, 4) is 0 Å². The van der Waals surface area contributed by atoms with E-state index in [1.807, 2.05) is 45.0 Å². The van der Waals surface area contributed by atoms with Crippen LogP contribution in [-0.2, 0) is 32.0 Å². The molecule has 1 atom stereocenters. The van der Waals surface area contributed by atoms with Gasteiger partial charge in [0.2, 0.25) is 11.8 Å². The zero-order chi connectivity index (χ0) is 35.6. The van der Waals surface area contributed by atoms with Crippen LogP contribution in [0.25, 0.3) is 0 Å². The second kappa shape index (κ2) is 12.4. The van der Waals surface area contributed by atoms with Crippen LogP contribution in [0.1, 0.15) is 86.9 Å². The molecule has 8 rings (SSSR count). The molecule has 4 fully saturated rings. The molecule has 2 aromatic carbocycles. The molecule has 3 aliphatic carbocycles. The summed E-state index contributed by atoms with van der Waals surface area (Å²) in [5.74, 6) is -1.60. The van der Waals surface area contributed by atoms with Gasteiger partial charge in [0.05, 0.1) is 34.5 Å². The van der Waals surface area contributed by atoms with Crippen molar-refractivity contribution < 1.29 is 26.9 Å². The molecular weight excluding hydrogens is 662 g/mol. The molecule has 50 heavy (non-hydrogen) atoms. The van der Waals surface area contributed by atoms with Gasteiger partial charge in [-0.25, -0.2) is 12.8 Å². The maximum Gasteiger partial charge on any atom is 0.254 e. The molecule has 3 saturated carbocycles. The number of hydrogen-bond donors (Lipinski definition) is 2. The summed E-state index contributed by atoms with van der Waals surface area (Å²) in [7, 11) is -2.05. The Kier molecular flexibility index (Phi) is 8.58. The molecule has 12 nitrogen and oxygen atoms in total. The molecule has 0 radical (unpaired) electrons. The lowest BCUT2D eigenvalue weighted by molar-refractivity contribution is -0.119. The Balaban J connectivity index is 1.13. The average Bonchev–Trinajstić information content (AvgIpc) is 3.59. The van der Waals surface area contributed by atoms with E-state index in [4.69, 9.17) is 15.2 Å². The van der Waals surface area contributed by atoms with E-state index in [-0.39, 0.29) is 33.5 Å². The molecule has 0 spiro atoms. The summed E-state index contributed by atoms with van der Waals surface area (Å²) in [4.78, 5) is 37.7. The number of amides is 2. The molecule has 2 amide bonds. The van der Waals surface area contributed by atoms with Gasteiger partial charge >= 0.3 is 0 Å². The van der Waals surface area contributed by atoms with Crippen molar-refractivity contribution in [1.82, 2.24) is 20.4 Å². The first-order valence-corrected chi connectivity index (χ1v) is 19.1. The number of anilines is 2. The summed E-state index contributed by atoms with van der Waals surface area (Å²) in [6, 6.07) is 8.47. The minimum Gasteiger partial charge on any atom is -0.369 e. The molecule has 3 aromatic rings. The molecule has 14 heteroatoms. The van der Waals surface area contributed by atoms with Crippen LogP contribution in [0, 0.1) is 5.82 Å². The van der Waals surface area contributed by atoms with Gasteiger partial charge in [-0.3, -0.25) is 9.59 Å². The van der Waals surface area contributed by atoms with Crippen LogP contribution >= 0.6 is 0 Å². The van der Waals surface area contributed by atoms with Gasteiger partial charge in [0, 0.05) is 48.2 Å². The van der Waals surface area contributed by atoms with Gasteiger partial charge < -0.3 is 30.3 Å². The van der Waals surface area contributed by atoms with Gasteiger partial charge in [-0.05, 0) is 75.4 Å². The highest BCUT2D eigenvalue weighted by atomic mass is 32.2. The van der Waals surface area contributed by atoms with E-state index < -0.39 is 44.8 Å². The topological polar surface area (TPSA) is 155 Å². The summed E-state index contributed by atoms with van der Waals surface area (Å²) in [6.45, 7) is 9.83. The van der Waals surface area contributed by atoms with Gasteiger partial charge in [0.1, 0.15) is 5.82 Å². The van der Waals surface area contributed by atoms with Gasteiger partial charge in [-0.15, -0.1) is 0 Å². The van der Waals surface area contributed by atoms with E-state index in [1.165, 1.54) is 11.0 Å². The van der Waals surface area contributed by atoms with E-state index >= 15 is 4.39 Å². The van der Waals surface area contributed by atoms with Gasteiger partial charge in [-0.1, -0.05) is 38.1 Å². The molecule has 268 valence electrons. The largest absolute Gasteiger partial charge is 0.369 e. The van der Waals surface area contributed by atoms with E-state index in [0.29, 0.717) is 31.0 Å². The quantitative estimate of drug-likeness (QED) is 0.388. The molecule has 2 aliphatic heterocycles. The first kappa shape index (κ1) is 34.6. The lowest BCUT2D eigenvalue weighted by Crippen LogP contribution is -2.58. The smallest absolute Gasteiger partial charge is 0.254 e. The van der Waals surface area contributed by atoms with Crippen LogP contribution in [0.4, 0.5) is 15.8 Å². The third-order valence-corrected chi connectivity index (χ3v) is 13.0. The number of likely N-dealkylation sites (N-methyl/N-ethyl adjacent to an activating group) is 1. The standard InChI is InChI=1S/C36H46FN7O5S/c1-34(2,3)32-39-33(49-41-32)35-9-12-36(13-10-35,14-11-35)40-30(45)25-19-28-29(20-26(25)37)50(47,48)22-27(38)31(46)44(28)21-23-5-7-24(8-6-23)43-17-15-42(4)16-18-43/h5-8,19-20,27H,9-18,21-22,38H2,1-4H3,(H,40,45)/t27-,35?,36?/m0/s1. The number of nitrogens with zero attached hydrogens (tertiary/aromatic N) is 5. The normalized spacial score (nSPS) is 26.8. The highest BCUT2D eigenvalue weighted by Crippen LogP contribution is 2.53. The van der Waals surface area contributed by atoms with Crippen LogP contribution in [0.15, 0.2) is 45.8 Å². The molecule has 3 N–H and O–H groups in total. The molecule has 1 aromatic heterocycles. The van der Waals surface area contributed by atoms with E-state index in [9.17, 15) is 18.0 Å². The Labute approximate surface area is 292 Å². The highest BCUT2D eigenvalue weighted by Gasteiger charge is 2.53. The number of carbonyl (C=O) groups is 2. The number of halogens is 1. The molecule has 5 aliphatic rings. The molecule has 2 bridgehead atoms. The van der Waals surface area contributed by atoms with Crippen molar-refractivity contribution in [3.63, 3.8) is 0 Å². The predicted octanol–water partition coefficient (Wildman–Crippen LogP) is 3.68. The number of carbonyl (C=O) groups excluding carboxylic acids is 2. The zero-order valence-electron chi connectivity index (χ0n) is 29.2. The second-order valence-electron chi connectivity index (χ2n) is 15.8. The monoisotopic (exact) mass is 707 g/mol. The first-order valence-electron chi connectivity index (χ1n) is 17.4. The third kappa shape index (κ3) is 6.30. The van der Waals surface area contributed by atoms with Crippen LogP contribution < -0.4 is 20.9 Å². The number of piperazine rings is 1. The van der Waals surface area contributed by atoms with Crippen molar-refractivity contribution >= 4 is 33.0 Å². The van der Waals surface area contributed by atoms with E-state index in [0.717, 1.165) is 62.8 Å². The highest BCUT2D eigenvalue weighted by molar-refractivity contribution is 7.91. The van der Waals surface area contributed by atoms with Gasteiger partial charge in [-0.2, -0.15) is 4.98 Å². The lowest BCUT2D eigenvalue weighted by Gasteiger charge is -2.52.